The van der Waals surface area contributed by atoms with E-state index >= 15 is 0 Å². The molecule has 0 unspecified atom stereocenters. The third kappa shape index (κ3) is 1.81. The Bertz CT molecular complexity index is 500. The number of hydrogen-bond donors (Lipinski definition) is 0. The minimum absolute atomic E-state index is 0.0544. The first kappa shape index (κ1) is 9.65. The van der Waals surface area contributed by atoms with Crippen LogP contribution < -0.4 is 0 Å². The van der Waals surface area contributed by atoms with Gasteiger partial charge in [0, 0.05) is 11.8 Å². The average molecular weight is 200 g/mol. The van der Waals surface area contributed by atoms with E-state index in [1.54, 1.807) is 17.8 Å². The van der Waals surface area contributed by atoms with Gasteiger partial charge in [-0.25, -0.2) is 4.68 Å². The van der Waals surface area contributed by atoms with E-state index in [0.717, 1.165) is 11.3 Å². The quantitative estimate of drug-likeness (QED) is 0.697. The molecule has 1 aromatic heterocycles. The second-order valence-corrected chi connectivity index (χ2v) is 3.54. The Morgan fingerprint density at radius 1 is 1.33 bits per heavy atom. The van der Waals surface area contributed by atoms with Crippen molar-refractivity contribution in [3.8, 4) is 5.69 Å². The van der Waals surface area contributed by atoms with Crippen LogP contribution in [0.15, 0.2) is 36.7 Å². The smallest absolute Gasteiger partial charge is 0.161 e. The van der Waals surface area contributed by atoms with E-state index in [9.17, 15) is 4.79 Å². The maximum absolute atomic E-state index is 11.4. The van der Waals surface area contributed by atoms with Crippen molar-refractivity contribution in [2.75, 3.05) is 0 Å². The summed E-state index contributed by atoms with van der Waals surface area (Å²) in [5, 5.41) is 4.19. The Balaban J connectivity index is 2.57. The summed E-state index contributed by atoms with van der Waals surface area (Å²) in [4.78, 5) is 11.4. The molecular formula is C12H12N2O. The number of Topliss-reactive ketones (excluding diaryl/α,β-unsaturated/α-hetero) is 1. The van der Waals surface area contributed by atoms with Crippen molar-refractivity contribution in [3.05, 3.63) is 47.8 Å². The molecule has 0 saturated heterocycles. The van der Waals surface area contributed by atoms with E-state index in [1.807, 2.05) is 37.4 Å². The number of carbonyl (C=O) groups excluding carboxylic acids is 1. The molecular weight excluding hydrogens is 188 g/mol. The first-order valence-corrected chi connectivity index (χ1v) is 4.80. The molecule has 3 nitrogen and oxygen atoms in total. The van der Waals surface area contributed by atoms with Gasteiger partial charge in [0.15, 0.2) is 5.78 Å². The predicted octanol–water partition coefficient (Wildman–Crippen LogP) is 2.38. The Labute approximate surface area is 88.4 Å². The van der Waals surface area contributed by atoms with Gasteiger partial charge < -0.3 is 0 Å². The molecule has 3 heteroatoms. The SMILES string of the molecule is CC(=O)c1ccccc1-n1cc(C)cn1. The summed E-state index contributed by atoms with van der Waals surface area (Å²) >= 11 is 0. The van der Waals surface area contributed by atoms with Gasteiger partial charge in [0.1, 0.15) is 0 Å². The van der Waals surface area contributed by atoms with Gasteiger partial charge in [-0.2, -0.15) is 5.10 Å². The molecule has 0 aliphatic rings. The molecule has 2 aromatic rings. The Hall–Kier alpha value is -1.90. The number of benzene rings is 1. The molecule has 0 fully saturated rings. The summed E-state index contributed by atoms with van der Waals surface area (Å²) in [6.07, 6.45) is 3.68. The first-order chi connectivity index (χ1) is 7.18. The molecule has 1 aromatic carbocycles. The van der Waals surface area contributed by atoms with Crippen molar-refractivity contribution in [1.82, 2.24) is 9.78 Å². The van der Waals surface area contributed by atoms with Crippen molar-refractivity contribution >= 4 is 5.78 Å². The zero-order valence-corrected chi connectivity index (χ0v) is 8.77. The van der Waals surface area contributed by atoms with Crippen LogP contribution in [-0.4, -0.2) is 15.6 Å². The third-order valence-corrected chi connectivity index (χ3v) is 2.24. The number of para-hydroxylation sites is 1. The van der Waals surface area contributed by atoms with Gasteiger partial charge in [0.25, 0.3) is 0 Å². The summed E-state index contributed by atoms with van der Waals surface area (Å²) in [6, 6.07) is 7.47. The fraction of sp³-hybridized carbons (Fsp3) is 0.167. The standard InChI is InChI=1S/C12H12N2O/c1-9-7-13-14(8-9)12-6-4-3-5-11(12)10(2)15/h3-8H,1-2H3. The number of nitrogens with zero attached hydrogens (tertiary/aromatic N) is 2. The Morgan fingerprint density at radius 3 is 2.67 bits per heavy atom. The summed E-state index contributed by atoms with van der Waals surface area (Å²) < 4.78 is 1.73. The topological polar surface area (TPSA) is 34.9 Å². The van der Waals surface area contributed by atoms with E-state index in [4.69, 9.17) is 0 Å². The second kappa shape index (κ2) is 3.69. The normalized spacial score (nSPS) is 10.3. The number of aryl methyl sites for hydroxylation is 1. The minimum Gasteiger partial charge on any atom is -0.294 e. The van der Waals surface area contributed by atoms with Crippen LogP contribution in [0, 0.1) is 6.92 Å². The highest BCUT2D eigenvalue weighted by atomic mass is 16.1. The Kier molecular flexibility index (Phi) is 2.37. The minimum atomic E-state index is 0.0544. The molecule has 0 atom stereocenters. The van der Waals surface area contributed by atoms with Gasteiger partial charge in [-0.15, -0.1) is 0 Å². The van der Waals surface area contributed by atoms with Crippen molar-refractivity contribution in [2.24, 2.45) is 0 Å². The summed E-state index contributed by atoms with van der Waals surface area (Å²) in [5.74, 6) is 0.0544. The maximum atomic E-state index is 11.4. The molecule has 0 N–H and O–H groups in total. The molecule has 2 rings (SSSR count). The lowest BCUT2D eigenvalue weighted by atomic mass is 10.1. The predicted molar refractivity (Wildman–Crippen MR) is 58.3 cm³/mol. The van der Waals surface area contributed by atoms with Gasteiger partial charge in [-0.05, 0) is 31.5 Å². The van der Waals surface area contributed by atoms with Gasteiger partial charge in [-0.1, -0.05) is 12.1 Å². The molecule has 15 heavy (non-hydrogen) atoms. The highest BCUT2D eigenvalue weighted by Gasteiger charge is 2.08. The highest BCUT2D eigenvalue weighted by molar-refractivity contribution is 5.97. The average Bonchev–Trinajstić information content (AvgIpc) is 2.65. The van der Waals surface area contributed by atoms with Crippen LogP contribution in [0.25, 0.3) is 5.69 Å². The molecule has 0 amide bonds. The van der Waals surface area contributed by atoms with Gasteiger partial charge >= 0.3 is 0 Å². The molecule has 0 saturated carbocycles. The van der Waals surface area contributed by atoms with E-state index in [2.05, 4.69) is 5.10 Å². The van der Waals surface area contributed by atoms with Crippen LogP contribution in [-0.2, 0) is 0 Å². The van der Waals surface area contributed by atoms with Crippen molar-refractivity contribution in [2.45, 2.75) is 13.8 Å². The summed E-state index contributed by atoms with van der Waals surface area (Å²) in [5.41, 5.74) is 2.60. The number of rotatable bonds is 2. The summed E-state index contributed by atoms with van der Waals surface area (Å²) in [7, 11) is 0. The fourth-order valence-electron chi connectivity index (χ4n) is 1.52. The highest BCUT2D eigenvalue weighted by Crippen LogP contribution is 2.14. The number of hydrogen-bond acceptors (Lipinski definition) is 2. The van der Waals surface area contributed by atoms with Gasteiger partial charge in [-0.3, -0.25) is 4.79 Å². The molecule has 0 spiro atoms. The molecule has 0 aliphatic carbocycles. The zero-order chi connectivity index (χ0) is 10.8. The molecule has 0 bridgehead atoms. The van der Waals surface area contributed by atoms with Gasteiger partial charge in [0.05, 0.1) is 11.9 Å². The van der Waals surface area contributed by atoms with Crippen molar-refractivity contribution < 1.29 is 4.79 Å². The van der Waals surface area contributed by atoms with Crippen molar-refractivity contribution in [3.63, 3.8) is 0 Å². The lowest BCUT2D eigenvalue weighted by molar-refractivity contribution is 0.101. The first-order valence-electron chi connectivity index (χ1n) is 4.80. The van der Waals surface area contributed by atoms with Crippen LogP contribution >= 0.6 is 0 Å². The molecule has 1 heterocycles. The zero-order valence-electron chi connectivity index (χ0n) is 8.77. The van der Waals surface area contributed by atoms with E-state index in [1.165, 1.54) is 0 Å². The molecule has 0 aliphatic heterocycles. The van der Waals surface area contributed by atoms with Crippen LogP contribution in [0.5, 0.6) is 0 Å². The van der Waals surface area contributed by atoms with Crippen molar-refractivity contribution in [1.29, 1.82) is 0 Å². The number of ketones is 1. The monoisotopic (exact) mass is 200 g/mol. The van der Waals surface area contributed by atoms with Crippen LogP contribution in [0.1, 0.15) is 22.8 Å². The molecule has 76 valence electrons. The van der Waals surface area contributed by atoms with Gasteiger partial charge in [0.2, 0.25) is 0 Å². The van der Waals surface area contributed by atoms with E-state index < -0.39 is 0 Å². The lowest BCUT2D eigenvalue weighted by Crippen LogP contribution is -2.03. The van der Waals surface area contributed by atoms with Crippen LogP contribution in [0.4, 0.5) is 0 Å². The fourth-order valence-corrected chi connectivity index (χ4v) is 1.52. The van der Waals surface area contributed by atoms with E-state index in [0.29, 0.717) is 5.56 Å². The maximum Gasteiger partial charge on any atom is 0.161 e. The lowest BCUT2D eigenvalue weighted by Gasteiger charge is -2.05. The summed E-state index contributed by atoms with van der Waals surface area (Å²) in [6.45, 7) is 3.54. The van der Waals surface area contributed by atoms with E-state index in [-0.39, 0.29) is 5.78 Å². The second-order valence-electron chi connectivity index (χ2n) is 3.54. The number of carbonyl (C=O) groups is 1. The number of aromatic nitrogens is 2. The molecule has 0 radical (unpaired) electrons. The van der Waals surface area contributed by atoms with Crippen LogP contribution in [0.3, 0.4) is 0 Å². The third-order valence-electron chi connectivity index (χ3n) is 2.24. The van der Waals surface area contributed by atoms with Crippen LogP contribution in [0.2, 0.25) is 0 Å². The Morgan fingerprint density at radius 2 is 2.07 bits per heavy atom. The largest absolute Gasteiger partial charge is 0.294 e.